The molecule has 1 atom stereocenters. The van der Waals surface area contributed by atoms with Crippen LogP contribution in [-0.4, -0.2) is 21.8 Å². The lowest BCUT2D eigenvalue weighted by Gasteiger charge is -2.27. The molecule has 6 nitrogen and oxygen atoms in total. The van der Waals surface area contributed by atoms with Crippen LogP contribution in [0.3, 0.4) is 0 Å². The van der Waals surface area contributed by atoms with Gasteiger partial charge in [-0.2, -0.15) is 5.26 Å². The van der Waals surface area contributed by atoms with Crippen LogP contribution < -0.4 is 11.1 Å². The van der Waals surface area contributed by atoms with Gasteiger partial charge in [0.25, 0.3) is 0 Å². The molecule has 0 unspecified atom stereocenters. The fourth-order valence-corrected chi connectivity index (χ4v) is 3.78. The summed E-state index contributed by atoms with van der Waals surface area (Å²) in [6, 6.07) is 7.99. The van der Waals surface area contributed by atoms with Crippen molar-refractivity contribution >= 4 is 23.0 Å². The Hall–Kier alpha value is -4.19. The van der Waals surface area contributed by atoms with E-state index in [1.807, 2.05) is 6.07 Å². The number of fused-ring (bicyclic) bond motifs is 1. The molecule has 0 amide bonds. The second-order valence-corrected chi connectivity index (χ2v) is 7.33. The Morgan fingerprint density at radius 2 is 1.81 bits per heavy atom. The molecule has 0 radical (unpaired) electrons. The van der Waals surface area contributed by atoms with Crippen LogP contribution in [0.15, 0.2) is 48.3 Å². The van der Waals surface area contributed by atoms with Crippen LogP contribution in [0.1, 0.15) is 34.0 Å². The topological polar surface area (TPSA) is 105 Å². The van der Waals surface area contributed by atoms with Crippen LogP contribution >= 0.6 is 0 Å². The molecule has 160 valence electrons. The minimum Gasteiger partial charge on any atom is -0.382 e. The van der Waals surface area contributed by atoms with Gasteiger partial charge >= 0.3 is 0 Å². The highest BCUT2D eigenvalue weighted by Gasteiger charge is 2.31. The van der Waals surface area contributed by atoms with Crippen LogP contribution in [0.4, 0.5) is 24.8 Å². The van der Waals surface area contributed by atoms with Gasteiger partial charge in [0.1, 0.15) is 47.0 Å². The molecular weight excluding hydrogens is 419 g/mol. The van der Waals surface area contributed by atoms with E-state index in [9.17, 15) is 23.2 Å². The van der Waals surface area contributed by atoms with Crippen LogP contribution in [-0.2, 0) is 6.42 Å². The van der Waals surface area contributed by atoms with Gasteiger partial charge < -0.3 is 11.1 Å². The Kier molecular flexibility index (Phi) is 5.36. The number of Topliss-reactive ketones (excluding diaryl/α,β-unsaturated/α-hetero) is 1. The van der Waals surface area contributed by atoms with E-state index in [-0.39, 0.29) is 40.3 Å². The molecule has 3 N–H and O–H groups in total. The number of nitriles is 1. The average Bonchev–Trinajstić information content (AvgIpc) is 2.73. The molecule has 0 spiro atoms. The zero-order valence-corrected chi connectivity index (χ0v) is 16.8. The van der Waals surface area contributed by atoms with Crippen LogP contribution in [0, 0.1) is 28.8 Å². The number of ketones is 1. The number of nitrogens with one attached hydrogen (secondary N) is 1. The first-order valence-electron chi connectivity index (χ1n) is 9.58. The number of rotatable bonds is 4. The van der Waals surface area contributed by atoms with Gasteiger partial charge in [0, 0.05) is 23.2 Å². The fourth-order valence-electron chi connectivity index (χ4n) is 3.78. The number of carbonyl (C=O) groups excluding carboxylic acids is 1. The lowest BCUT2D eigenvalue weighted by atomic mass is 9.79. The van der Waals surface area contributed by atoms with Gasteiger partial charge in [0.05, 0.1) is 0 Å². The first-order chi connectivity index (χ1) is 15.3. The molecule has 1 aromatic heterocycles. The maximum Gasteiger partial charge on any atom is 0.194 e. The summed E-state index contributed by atoms with van der Waals surface area (Å²) in [7, 11) is 0. The Balaban J connectivity index is 1.87. The summed E-state index contributed by atoms with van der Waals surface area (Å²) in [5, 5.41) is 12.4. The number of allylic oxidation sites excluding steroid dienone is 1. The molecule has 0 saturated heterocycles. The van der Waals surface area contributed by atoms with E-state index in [1.165, 1.54) is 18.5 Å². The van der Waals surface area contributed by atoms with Gasteiger partial charge in [0.2, 0.25) is 0 Å². The zero-order valence-electron chi connectivity index (χ0n) is 16.8. The maximum atomic E-state index is 14.0. The predicted molar refractivity (Wildman–Crippen MR) is 112 cm³/mol. The molecule has 3 aromatic rings. The van der Waals surface area contributed by atoms with Gasteiger partial charge in [-0.15, -0.1) is 0 Å². The summed E-state index contributed by atoms with van der Waals surface area (Å²) in [6.07, 6.45) is 1.40. The summed E-state index contributed by atoms with van der Waals surface area (Å²) in [5.74, 6) is -2.70. The minimum atomic E-state index is -0.847. The number of halogens is 3. The Bertz CT molecular complexity index is 1310. The number of nitrogen functional groups attached to an aromatic ring is 1. The van der Waals surface area contributed by atoms with Crippen LogP contribution in [0.5, 0.6) is 0 Å². The normalized spacial score (nSPS) is 14.0. The van der Waals surface area contributed by atoms with Gasteiger partial charge in [-0.3, -0.25) is 4.79 Å². The van der Waals surface area contributed by atoms with Crippen molar-refractivity contribution in [1.82, 2.24) is 9.97 Å². The number of benzene rings is 2. The van der Waals surface area contributed by atoms with Gasteiger partial charge in [-0.25, -0.2) is 23.1 Å². The van der Waals surface area contributed by atoms with Crippen molar-refractivity contribution in [2.45, 2.75) is 19.4 Å². The van der Waals surface area contributed by atoms with Crippen LogP contribution in [0.2, 0.25) is 0 Å². The molecule has 1 aliphatic carbocycles. The van der Waals surface area contributed by atoms with E-state index in [1.54, 1.807) is 6.92 Å². The maximum absolute atomic E-state index is 14.0. The first kappa shape index (κ1) is 21.1. The summed E-state index contributed by atoms with van der Waals surface area (Å²) < 4.78 is 41.8. The Morgan fingerprint density at radius 1 is 1.09 bits per heavy atom. The van der Waals surface area contributed by atoms with Gasteiger partial charge in [0.15, 0.2) is 5.78 Å². The van der Waals surface area contributed by atoms with E-state index in [2.05, 4.69) is 15.3 Å². The molecule has 0 aliphatic heterocycles. The van der Waals surface area contributed by atoms with E-state index in [0.717, 1.165) is 18.2 Å². The third-order valence-corrected chi connectivity index (χ3v) is 5.26. The van der Waals surface area contributed by atoms with Crippen molar-refractivity contribution < 1.29 is 18.0 Å². The third-order valence-electron chi connectivity index (χ3n) is 5.26. The third kappa shape index (κ3) is 3.78. The highest BCUT2D eigenvalue weighted by molar-refractivity contribution is 6.31. The number of nitrogens with two attached hydrogens (primary N) is 1. The lowest BCUT2D eigenvalue weighted by Crippen LogP contribution is -2.27. The molecule has 0 saturated carbocycles. The van der Waals surface area contributed by atoms with Crippen molar-refractivity contribution in [1.29, 1.82) is 5.26 Å². The molecule has 1 heterocycles. The van der Waals surface area contributed by atoms with E-state index < -0.39 is 29.3 Å². The Morgan fingerprint density at radius 3 is 2.50 bits per heavy atom. The lowest BCUT2D eigenvalue weighted by molar-refractivity contribution is 0.105. The number of hydrogen-bond acceptors (Lipinski definition) is 6. The standard InChI is InChI=1S/C23H16F3N5O/c1-11(31-23-19(9-27)22(28)29-10-30-23)17-6-12-2-3-14(24)8-18(12)21(32)20(17)13-4-15(25)7-16(26)5-13/h2-5,7-8,10-11H,6H2,1H3,(H3,28,29,30,31)/t11-/m0/s1. The summed E-state index contributed by atoms with van der Waals surface area (Å²) >= 11 is 0. The Labute approximate surface area is 181 Å². The summed E-state index contributed by atoms with van der Waals surface area (Å²) in [5.41, 5.74) is 7.06. The van der Waals surface area contributed by atoms with Crippen molar-refractivity contribution in [3.05, 3.63) is 88.0 Å². The zero-order chi connectivity index (χ0) is 23.0. The first-order valence-corrected chi connectivity index (χ1v) is 9.58. The number of hydrogen-bond donors (Lipinski definition) is 2. The minimum absolute atomic E-state index is 0.0147. The molecular formula is C23H16F3N5O. The van der Waals surface area contributed by atoms with E-state index in [4.69, 9.17) is 5.73 Å². The summed E-state index contributed by atoms with van der Waals surface area (Å²) in [6.45, 7) is 1.71. The number of carbonyl (C=O) groups is 1. The second kappa shape index (κ2) is 8.15. The van der Waals surface area contributed by atoms with E-state index in [0.29, 0.717) is 17.2 Å². The van der Waals surface area contributed by atoms with Crippen molar-refractivity contribution in [2.24, 2.45) is 0 Å². The van der Waals surface area contributed by atoms with Crippen LogP contribution in [0.25, 0.3) is 5.57 Å². The van der Waals surface area contributed by atoms with Crippen molar-refractivity contribution in [3.63, 3.8) is 0 Å². The predicted octanol–water partition coefficient (Wildman–Crippen LogP) is 4.04. The highest BCUT2D eigenvalue weighted by Crippen LogP contribution is 2.36. The molecule has 9 heteroatoms. The number of aromatic nitrogens is 2. The number of nitrogens with zero attached hydrogens (tertiary/aromatic N) is 3. The SMILES string of the molecule is C[C@H](Nc1ncnc(N)c1C#N)C1=C(c2cc(F)cc(F)c2)C(=O)c2cc(F)ccc2C1. The monoisotopic (exact) mass is 435 g/mol. The second-order valence-electron chi connectivity index (χ2n) is 7.33. The summed E-state index contributed by atoms with van der Waals surface area (Å²) in [4.78, 5) is 21.2. The molecule has 4 rings (SSSR count). The van der Waals surface area contributed by atoms with E-state index >= 15 is 0 Å². The average molecular weight is 435 g/mol. The van der Waals surface area contributed by atoms with Crippen molar-refractivity contribution in [2.75, 3.05) is 11.1 Å². The largest absolute Gasteiger partial charge is 0.382 e. The fraction of sp³-hybridized carbons (Fsp3) is 0.130. The molecule has 1 aliphatic rings. The molecule has 32 heavy (non-hydrogen) atoms. The van der Waals surface area contributed by atoms with Gasteiger partial charge in [-0.1, -0.05) is 6.07 Å². The highest BCUT2D eigenvalue weighted by atomic mass is 19.1. The van der Waals surface area contributed by atoms with Gasteiger partial charge in [-0.05, 0) is 54.3 Å². The molecule has 0 fully saturated rings. The molecule has 2 aromatic carbocycles. The smallest absolute Gasteiger partial charge is 0.194 e. The quantitative estimate of drug-likeness (QED) is 0.641. The molecule has 0 bridgehead atoms. The number of anilines is 2. The van der Waals surface area contributed by atoms with Crippen molar-refractivity contribution in [3.8, 4) is 6.07 Å².